The van der Waals surface area contributed by atoms with E-state index < -0.39 is 28.9 Å². The Bertz CT molecular complexity index is 1560. The minimum Gasteiger partial charge on any atom is -0.504 e. The molecule has 3 aromatic rings. The van der Waals surface area contributed by atoms with Gasteiger partial charge in [-0.1, -0.05) is 40.8 Å². The van der Waals surface area contributed by atoms with Crippen LogP contribution in [-0.4, -0.2) is 71.0 Å². The number of halogens is 1. The van der Waals surface area contributed by atoms with Crippen LogP contribution in [0.5, 0.6) is 11.5 Å². The molecule has 1 aromatic heterocycles. The van der Waals surface area contributed by atoms with Gasteiger partial charge in [0, 0.05) is 28.9 Å². The van der Waals surface area contributed by atoms with Gasteiger partial charge in [-0.3, -0.25) is 23.7 Å². The summed E-state index contributed by atoms with van der Waals surface area (Å²) in [5.41, 5.74) is 1.01. The van der Waals surface area contributed by atoms with Gasteiger partial charge < -0.3 is 19.5 Å². The third-order valence-corrected chi connectivity index (χ3v) is 10.2. The molecule has 13 heteroatoms. The maximum Gasteiger partial charge on any atom is 0.308 e. The number of fused-ring (bicyclic) bond motifs is 2. The number of aromatic nitrogens is 1. The third-order valence-electron chi connectivity index (χ3n) is 7.35. The number of thiazole rings is 1. The van der Waals surface area contributed by atoms with Crippen molar-refractivity contribution in [1.29, 1.82) is 0 Å². The number of hydrogen-bond donors (Lipinski definition) is 1. The van der Waals surface area contributed by atoms with E-state index in [9.17, 15) is 24.3 Å². The Balaban J connectivity index is 1.46. The van der Waals surface area contributed by atoms with E-state index in [2.05, 4.69) is 0 Å². The van der Waals surface area contributed by atoms with Crippen LogP contribution in [0.3, 0.4) is 0 Å². The number of methoxy groups -OCH3 is 1. The van der Waals surface area contributed by atoms with Crippen LogP contribution in [0.25, 0.3) is 0 Å². The highest BCUT2D eigenvalue weighted by Crippen LogP contribution is 2.54. The highest BCUT2D eigenvalue weighted by atomic mass is 35.5. The first-order chi connectivity index (χ1) is 19.3. The summed E-state index contributed by atoms with van der Waals surface area (Å²) in [6.45, 7) is 1.57. The van der Waals surface area contributed by atoms with E-state index in [4.69, 9.17) is 21.1 Å². The number of thioether (sulfide) groups is 1. The van der Waals surface area contributed by atoms with E-state index in [-0.39, 0.29) is 28.8 Å². The molecule has 3 aliphatic rings. The molecule has 0 saturated carbocycles. The van der Waals surface area contributed by atoms with Crippen LogP contribution >= 0.6 is 34.7 Å². The lowest BCUT2D eigenvalue weighted by Gasteiger charge is -2.31. The van der Waals surface area contributed by atoms with Crippen molar-refractivity contribution in [1.82, 2.24) is 9.47 Å². The summed E-state index contributed by atoms with van der Waals surface area (Å²) >= 11 is 8.15. The van der Waals surface area contributed by atoms with Crippen LogP contribution in [0.15, 0.2) is 52.3 Å². The summed E-state index contributed by atoms with van der Waals surface area (Å²) in [7, 11) is 1.42. The Kier molecular flexibility index (Phi) is 7.11. The van der Waals surface area contributed by atoms with Gasteiger partial charge in [0.1, 0.15) is 11.8 Å². The smallest absolute Gasteiger partial charge is 0.308 e. The second-order valence-corrected chi connectivity index (χ2v) is 12.1. The number of carbonyl (C=O) groups is 3. The van der Waals surface area contributed by atoms with Crippen LogP contribution in [0, 0.1) is 5.92 Å². The molecule has 2 fully saturated rings. The number of phenols is 1. The third kappa shape index (κ3) is 4.48. The molecular weight excluding hydrogens is 578 g/mol. The van der Waals surface area contributed by atoms with Crippen LogP contribution < -0.4 is 14.5 Å². The van der Waals surface area contributed by atoms with Crippen molar-refractivity contribution >= 4 is 58.1 Å². The largest absolute Gasteiger partial charge is 0.504 e. The zero-order chi connectivity index (χ0) is 28.1. The summed E-state index contributed by atoms with van der Waals surface area (Å²) in [5.74, 6) is -2.40. The maximum absolute atomic E-state index is 14.0. The van der Waals surface area contributed by atoms with Crippen molar-refractivity contribution in [3.05, 3.63) is 67.6 Å². The van der Waals surface area contributed by atoms with Crippen molar-refractivity contribution in [3.8, 4) is 11.5 Å². The number of nitrogens with zero attached hydrogens (tertiary/aromatic N) is 3. The van der Waals surface area contributed by atoms with Gasteiger partial charge in [-0.25, -0.2) is 4.90 Å². The Morgan fingerprint density at radius 3 is 2.52 bits per heavy atom. The Morgan fingerprint density at radius 2 is 1.82 bits per heavy atom. The summed E-state index contributed by atoms with van der Waals surface area (Å²) in [5, 5.41) is 10.4. The second kappa shape index (κ2) is 10.6. The maximum atomic E-state index is 14.0. The van der Waals surface area contributed by atoms with Crippen LogP contribution in [0.4, 0.5) is 5.69 Å². The topological polar surface area (TPSA) is 118 Å². The molecule has 6 rings (SSSR count). The van der Waals surface area contributed by atoms with E-state index in [0.29, 0.717) is 52.5 Å². The number of rotatable bonds is 5. The molecule has 0 bridgehead atoms. The minimum absolute atomic E-state index is 0.0771. The van der Waals surface area contributed by atoms with Gasteiger partial charge in [-0.15, -0.1) is 0 Å². The number of benzene rings is 2. The number of morpholine rings is 1. The van der Waals surface area contributed by atoms with E-state index in [1.54, 1.807) is 41.3 Å². The first-order valence-electron chi connectivity index (χ1n) is 12.5. The fourth-order valence-corrected chi connectivity index (χ4v) is 8.29. The molecule has 0 radical (unpaired) electrons. The lowest BCUT2D eigenvalue weighted by molar-refractivity contribution is -0.136. The molecule has 4 heterocycles. The van der Waals surface area contributed by atoms with Crippen molar-refractivity contribution in [2.24, 2.45) is 5.92 Å². The quantitative estimate of drug-likeness (QED) is 0.444. The van der Waals surface area contributed by atoms with Gasteiger partial charge >= 0.3 is 4.87 Å². The number of hydrogen-bond acceptors (Lipinski definition) is 9. The number of anilines is 1. The molecule has 3 aliphatic heterocycles. The molecule has 10 nitrogen and oxygen atoms in total. The van der Waals surface area contributed by atoms with E-state index >= 15 is 0 Å². The number of imide groups is 1. The van der Waals surface area contributed by atoms with Gasteiger partial charge in [0.05, 0.1) is 37.0 Å². The normalized spacial score (nSPS) is 22.3. The minimum atomic E-state index is -0.834. The molecule has 40 heavy (non-hydrogen) atoms. The van der Waals surface area contributed by atoms with Crippen molar-refractivity contribution in [2.75, 3.05) is 38.3 Å². The van der Waals surface area contributed by atoms with Crippen LogP contribution in [0.2, 0.25) is 5.02 Å². The summed E-state index contributed by atoms with van der Waals surface area (Å²) in [6.07, 6.45) is 0. The zero-order valence-electron chi connectivity index (χ0n) is 21.2. The molecule has 1 N–H and O–H groups in total. The molecule has 0 aliphatic carbocycles. The second-order valence-electron chi connectivity index (χ2n) is 9.58. The van der Waals surface area contributed by atoms with Gasteiger partial charge in [-0.2, -0.15) is 0 Å². The molecule has 3 amide bonds. The predicted octanol–water partition coefficient (Wildman–Crippen LogP) is 2.93. The van der Waals surface area contributed by atoms with E-state index in [1.165, 1.54) is 22.6 Å². The van der Waals surface area contributed by atoms with Gasteiger partial charge in [0.25, 0.3) is 0 Å². The summed E-state index contributed by atoms with van der Waals surface area (Å²) in [4.78, 5) is 57.2. The van der Waals surface area contributed by atoms with Gasteiger partial charge in [0.15, 0.2) is 11.5 Å². The first kappa shape index (κ1) is 26.9. The number of ether oxygens (including phenoxy) is 2. The first-order valence-corrected chi connectivity index (χ1v) is 14.6. The number of aromatic hydroxyl groups is 1. The lowest BCUT2D eigenvalue weighted by atomic mass is 9.83. The lowest BCUT2D eigenvalue weighted by Crippen LogP contribution is -2.43. The Hall–Kier alpha value is -3.32. The fraction of sp³-hybridized carbons (Fsp3) is 0.333. The molecular formula is C27H24ClN3O7S2. The summed E-state index contributed by atoms with van der Waals surface area (Å²) in [6, 6.07) is 11.2. The van der Waals surface area contributed by atoms with Crippen molar-refractivity contribution in [2.45, 2.75) is 22.7 Å². The zero-order valence-corrected chi connectivity index (χ0v) is 23.6. The Morgan fingerprint density at radius 1 is 1.10 bits per heavy atom. The number of carbonyl (C=O) groups excluding carboxylic acids is 3. The van der Waals surface area contributed by atoms with E-state index in [1.807, 2.05) is 0 Å². The average molecular weight is 602 g/mol. The monoisotopic (exact) mass is 601 g/mol. The average Bonchev–Trinajstić information content (AvgIpc) is 3.40. The molecule has 2 saturated heterocycles. The van der Waals surface area contributed by atoms with E-state index in [0.717, 1.165) is 23.1 Å². The summed E-state index contributed by atoms with van der Waals surface area (Å²) < 4.78 is 12.1. The van der Waals surface area contributed by atoms with Crippen molar-refractivity contribution < 1.29 is 29.0 Å². The Labute approximate surface area is 242 Å². The van der Waals surface area contributed by atoms with Crippen LogP contribution in [0.1, 0.15) is 16.4 Å². The highest BCUT2D eigenvalue weighted by Gasteiger charge is 2.57. The highest BCUT2D eigenvalue weighted by molar-refractivity contribution is 8.00. The number of amides is 3. The predicted molar refractivity (Wildman–Crippen MR) is 150 cm³/mol. The number of phenolic OH excluding ortho intramolecular Hbond substituents is 1. The molecule has 0 spiro atoms. The van der Waals surface area contributed by atoms with Crippen molar-refractivity contribution in [3.63, 3.8) is 0 Å². The standard InChI is InChI=1S/C27H24ClN3O7S2/c1-37-18-12-14(2-7-17(18)32)20-21-22(25(35)31(24(21)34)16-5-3-15(28)4-6-16)39-26-23(20)40-27(36)30(26)13-19(33)29-8-10-38-11-9-29/h2-7,12,20-22,32H,8-11,13H2,1H3/t20-,21+,22-/m0/s1. The molecule has 3 atom stereocenters. The van der Waals surface area contributed by atoms with Crippen LogP contribution in [-0.2, 0) is 25.7 Å². The molecule has 2 aromatic carbocycles. The SMILES string of the molecule is COc1cc([C@@H]2c3sc(=O)n(CC(=O)N4CCOCC4)c3S[C@@H]3C(=O)N(c4ccc(Cl)cc4)C(=O)[C@H]23)ccc1O. The fourth-order valence-electron chi connectivity index (χ4n) is 5.39. The molecule has 208 valence electrons. The molecule has 0 unspecified atom stereocenters. The van der Waals surface area contributed by atoms with Gasteiger partial charge in [0.2, 0.25) is 17.7 Å². The van der Waals surface area contributed by atoms with Gasteiger partial charge in [-0.05, 0) is 42.0 Å².